The minimum absolute atomic E-state index is 0.0806. The van der Waals surface area contributed by atoms with Crippen molar-refractivity contribution in [3.8, 4) is 0 Å². The predicted molar refractivity (Wildman–Crippen MR) is 96.1 cm³/mol. The molecule has 0 bridgehead atoms. The topological polar surface area (TPSA) is 52.2 Å². The van der Waals surface area contributed by atoms with Crippen molar-refractivity contribution in [2.75, 3.05) is 26.2 Å². The van der Waals surface area contributed by atoms with E-state index in [1.165, 1.54) is 19.4 Å². The third-order valence-corrected chi connectivity index (χ3v) is 5.44. The van der Waals surface area contributed by atoms with Gasteiger partial charge in [-0.3, -0.25) is 14.8 Å². The normalized spacial score (nSPS) is 23.1. The molecule has 5 heteroatoms. The molecular weight excluding hydrogens is 300 g/mol. The molecule has 2 fully saturated rings. The van der Waals surface area contributed by atoms with Crippen LogP contribution >= 0.6 is 0 Å². The number of carbonyl (C=O) groups is 1. The molecule has 134 valence electrons. The monoisotopic (exact) mass is 332 g/mol. The van der Waals surface area contributed by atoms with Gasteiger partial charge in [-0.05, 0) is 43.1 Å². The summed E-state index contributed by atoms with van der Waals surface area (Å²) in [5.41, 5.74) is 1.60. The lowest BCUT2D eigenvalue weighted by atomic mass is 10.0. The highest BCUT2D eigenvalue weighted by Crippen LogP contribution is 2.32. The van der Waals surface area contributed by atoms with Crippen LogP contribution in [-0.2, 0) is 0 Å². The molecule has 1 saturated heterocycles. The summed E-state index contributed by atoms with van der Waals surface area (Å²) in [7, 11) is 0. The zero-order valence-corrected chi connectivity index (χ0v) is 15.6. The van der Waals surface area contributed by atoms with E-state index in [0.29, 0.717) is 23.6 Å². The van der Waals surface area contributed by atoms with Crippen molar-refractivity contribution in [2.24, 2.45) is 11.8 Å². The van der Waals surface area contributed by atoms with Crippen LogP contribution in [0.3, 0.4) is 0 Å². The summed E-state index contributed by atoms with van der Waals surface area (Å²) in [6.07, 6.45) is 3.83. The molecule has 1 saturated carbocycles. The summed E-state index contributed by atoms with van der Waals surface area (Å²) >= 11 is 0. The van der Waals surface area contributed by atoms with Crippen LogP contribution in [0.1, 0.15) is 69.1 Å². The second-order valence-corrected chi connectivity index (χ2v) is 8.22. The highest BCUT2D eigenvalue weighted by molar-refractivity contribution is 5.92. The molecule has 2 aliphatic rings. The van der Waals surface area contributed by atoms with E-state index < -0.39 is 0 Å². The van der Waals surface area contributed by atoms with Gasteiger partial charge in [0.15, 0.2) is 0 Å². The standard InChI is InChI=1S/C19H32N4O/c1-13(2)16-10-17(21-20-16)19(24)23-9-5-8-22(11-15-6-7-15)18(12-23)14(3)4/h10,13-15,18H,5-9,11-12H2,1-4H3,(H,20,21)/t18-/m0/s1. The number of hydrogen-bond donors (Lipinski definition) is 1. The summed E-state index contributed by atoms with van der Waals surface area (Å²) in [6, 6.07) is 2.38. The fourth-order valence-corrected chi connectivity index (χ4v) is 3.64. The predicted octanol–water partition coefficient (Wildman–Crippen LogP) is 3.12. The van der Waals surface area contributed by atoms with Crippen molar-refractivity contribution < 1.29 is 4.79 Å². The fraction of sp³-hybridized carbons (Fsp3) is 0.789. The van der Waals surface area contributed by atoms with Crippen molar-refractivity contribution in [1.82, 2.24) is 20.0 Å². The van der Waals surface area contributed by atoms with E-state index in [0.717, 1.165) is 37.7 Å². The van der Waals surface area contributed by atoms with Crippen LogP contribution in [-0.4, -0.2) is 58.1 Å². The van der Waals surface area contributed by atoms with Crippen LogP contribution in [0.4, 0.5) is 0 Å². The zero-order valence-electron chi connectivity index (χ0n) is 15.6. The van der Waals surface area contributed by atoms with E-state index in [4.69, 9.17) is 0 Å². The average molecular weight is 332 g/mol. The van der Waals surface area contributed by atoms with Gasteiger partial charge in [0.25, 0.3) is 5.91 Å². The van der Waals surface area contributed by atoms with Crippen LogP contribution in [0.25, 0.3) is 0 Å². The second kappa shape index (κ2) is 7.26. The fourth-order valence-electron chi connectivity index (χ4n) is 3.64. The second-order valence-electron chi connectivity index (χ2n) is 8.22. The average Bonchev–Trinajstić information content (AvgIpc) is 3.25. The maximum atomic E-state index is 12.9. The summed E-state index contributed by atoms with van der Waals surface area (Å²) in [6.45, 7) is 12.8. The quantitative estimate of drug-likeness (QED) is 0.901. The first kappa shape index (κ1) is 17.5. The Morgan fingerprint density at radius 3 is 2.62 bits per heavy atom. The van der Waals surface area contributed by atoms with Gasteiger partial charge in [-0.25, -0.2) is 0 Å². The SMILES string of the molecule is CC(C)c1cc(C(=O)N2CCCN(CC3CC3)[C@H](C(C)C)C2)n[nH]1. The highest BCUT2D eigenvalue weighted by atomic mass is 16.2. The number of aromatic amines is 1. The molecule has 1 aromatic rings. The van der Waals surface area contributed by atoms with E-state index in [2.05, 4.69) is 42.8 Å². The van der Waals surface area contributed by atoms with Crippen LogP contribution in [0, 0.1) is 11.8 Å². The minimum atomic E-state index is 0.0806. The molecule has 5 nitrogen and oxygen atoms in total. The Kier molecular flexibility index (Phi) is 5.28. The van der Waals surface area contributed by atoms with Gasteiger partial charge >= 0.3 is 0 Å². The number of hydrogen-bond acceptors (Lipinski definition) is 3. The molecular formula is C19H32N4O. The maximum absolute atomic E-state index is 12.9. The Hall–Kier alpha value is -1.36. The van der Waals surface area contributed by atoms with Crippen molar-refractivity contribution >= 4 is 5.91 Å². The first-order chi connectivity index (χ1) is 11.5. The Bertz CT molecular complexity index is 561. The summed E-state index contributed by atoms with van der Waals surface area (Å²) < 4.78 is 0. The first-order valence-electron chi connectivity index (χ1n) is 9.54. The lowest BCUT2D eigenvalue weighted by molar-refractivity contribution is 0.0698. The first-order valence-corrected chi connectivity index (χ1v) is 9.54. The van der Waals surface area contributed by atoms with Gasteiger partial charge < -0.3 is 4.90 Å². The minimum Gasteiger partial charge on any atom is -0.336 e. The van der Waals surface area contributed by atoms with E-state index >= 15 is 0 Å². The summed E-state index contributed by atoms with van der Waals surface area (Å²) in [5, 5.41) is 7.27. The number of nitrogens with one attached hydrogen (secondary N) is 1. The van der Waals surface area contributed by atoms with Gasteiger partial charge in [0.1, 0.15) is 5.69 Å². The molecule has 1 aliphatic heterocycles. The number of carbonyl (C=O) groups excluding carboxylic acids is 1. The summed E-state index contributed by atoms with van der Waals surface area (Å²) in [4.78, 5) is 17.6. The Morgan fingerprint density at radius 1 is 1.29 bits per heavy atom. The molecule has 1 atom stereocenters. The molecule has 1 aliphatic carbocycles. The Balaban J connectivity index is 1.71. The smallest absolute Gasteiger partial charge is 0.274 e. The van der Waals surface area contributed by atoms with Gasteiger partial charge in [0.05, 0.1) is 0 Å². The maximum Gasteiger partial charge on any atom is 0.274 e. The third kappa shape index (κ3) is 4.00. The molecule has 24 heavy (non-hydrogen) atoms. The molecule has 1 aromatic heterocycles. The van der Waals surface area contributed by atoms with Gasteiger partial charge in [0, 0.05) is 37.9 Å². The lowest BCUT2D eigenvalue weighted by Crippen LogP contribution is -2.46. The van der Waals surface area contributed by atoms with Crippen molar-refractivity contribution in [3.05, 3.63) is 17.5 Å². The molecule has 0 radical (unpaired) electrons. The number of rotatable bonds is 5. The van der Waals surface area contributed by atoms with Crippen LogP contribution in [0.15, 0.2) is 6.07 Å². The van der Waals surface area contributed by atoms with Crippen molar-refractivity contribution in [1.29, 1.82) is 0 Å². The zero-order chi connectivity index (χ0) is 17.3. The third-order valence-electron chi connectivity index (χ3n) is 5.44. The molecule has 0 spiro atoms. The van der Waals surface area contributed by atoms with Crippen LogP contribution < -0.4 is 0 Å². The number of H-pyrrole nitrogens is 1. The number of nitrogens with zero attached hydrogens (tertiary/aromatic N) is 3. The van der Waals surface area contributed by atoms with Gasteiger partial charge in [0.2, 0.25) is 0 Å². The molecule has 3 rings (SSSR count). The summed E-state index contributed by atoms with van der Waals surface area (Å²) in [5.74, 6) is 1.90. The van der Waals surface area contributed by atoms with Crippen molar-refractivity contribution in [2.45, 2.75) is 58.9 Å². The van der Waals surface area contributed by atoms with Crippen LogP contribution in [0.5, 0.6) is 0 Å². The van der Waals surface area contributed by atoms with Gasteiger partial charge in [-0.2, -0.15) is 5.10 Å². The molecule has 2 heterocycles. The van der Waals surface area contributed by atoms with Crippen LogP contribution in [0.2, 0.25) is 0 Å². The van der Waals surface area contributed by atoms with Gasteiger partial charge in [-0.15, -0.1) is 0 Å². The van der Waals surface area contributed by atoms with Crippen molar-refractivity contribution in [3.63, 3.8) is 0 Å². The Morgan fingerprint density at radius 2 is 2.04 bits per heavy atom. The lowest BCUT2D eigenvalue weighted by Gasteiger charge is -2.34. The van der Waals surface area contributed by atoms with E-state index in [-0.39, 0.29) is 5.91 Å². The Labute approximate surface area is 145 Å². The van der Waals surface area contributed by atoms with E-state index in [1.54, 1.807) is 0 Å². The number of aromatic nitrogens is 2. The molecule has 0 unspecified atom stereocenters. The molecule has 1 amide bonds. The highest BCUT2D eigenvalue weighted by Gasteiger charge is 2.33. The molecule has 1 N–H and O–H groups in total. The van der Waals surface area contributed by atoms with E-state index in [1.807, 2.05) is 11.0 Å². The number of amides is 1. The van der Waals surface area contributed by atoms with E-state index in [9.17, 15) is 4.79 Å². The molecule has 0 aromatic carbocycles. The van der Waals surface area contributed by atoms with Gasteiger partial charge in [-0.1, -0.05) is 27.7 Å². The largest absolute Gasteiger partial charge is 0.336 e.